The fourth-order valence-electron chi connectivity index (χ4n) is 3.51. The Morgan fingerprint density at radius 3 is 2.82 bits per heavy atom. The van der Waals surface area contributed by atoms with Crippen molar-refractivity contribution in [3.05, 3.63) is 11.7 Å². The van der Waals surface area contributed by atoms with Gasteiger partial charge >= 0.3 is 0 Å². The summed E-state index contributed by atoms with van der Waals surface area (Å²) in [6.45, 7) is 4.47. The van der Waals surface area contributed by atoms with E-state index in [0.717, 1.165) is 44.8 Å². The Morgan fingerprint density at radius 1 is 1.14 bits per heavy atom. The van der Waals surface area contributed by atoms with E-state index in [4.69, 9.17) is 14.0 Å². The smallest absolute Gasteiger partial charge is 0.252 e. The van der Waals surface area contributed by atoms with Gasteiger partial charge in [-0.3, -0.25) is 4.90 Å². The van der Waals surface area contributed by atoms with E-state index in [9.17, 15) is 0 Å². The average molecular weight is 307 g/mol. The molecule has 1 aromatic heterocycles. The van der Waals surface area contributed by atoms with Gasteiger partial charge in [0.1, 0.15) is 6.61 Å². The van der Waals surface area contributed by atoms with Crippen LogP contribution in [0.15, 0.2) is 4.52 Å². The number of rotatable bonds is 5. The van der Waals surface area contributed by atoms with Gasteiger partial charge in [-0.1, -0.05) is 5.16 Å². The van der Waals surface area contributed by atoms with Gasteiger partial charge in [0.05, 0.1) is 6.10 Å². The number of piperidine rings is 1. The van der Waals surface area contributed by atoms with Crippen LogP contribution in [-0.2, 0) is 16.1 Å². The summed E-state index contributed by atoms with van der Waals surface area (Å²) >= 11 is 0. The zero-order valence-corrected chi connectivity index (χ0v) is 13.1. The minimum absolute atomic E-state index is 0.285. The van der Waals surface area contributed by atoms with Crippen molar-refractivity contribution in [3.63, 3.8) is 0 Å². The first-order valence-corrected chi connectivity index (χ1v) is 8.64. The minimum atomic E-state index is 0.285. The van der Waals surface area contributed by atoms with Gasteiger partial charge in [0, 0.05) is 31.7 Å². The Bertz CT molecular complexity index is 483. The molecule has 1 aromatic rings. The molecular formula is C16H25N3O3. The zero-order chi connectivity index (χ0) is 14.8. The third-order valence-electron chi connectivity index (χ3n) is 4.99. The van der Waals surface area contributed by atoms with Gasteiger partial charge in [-0.2, -0.15) is 4.98 Å². The maximum absolute atomic E-state index is 6.03. The van der Waals surface area contributed by atoms with Gasteiger partial charge in [-0.15, -0.1) is 0 Å². The van der Waals surface area contributed by atoms with Gasteiger partial charge in [-0.25, -0.2) is 0 Å². The van der Waals surface area contributed by atoms with Crippen LogP contribution in [0.1, 0.15) is 56.2 Å². The van der Waals surface area contributed by atoms with E-state index in [-0.39, 0.29) is 6.10 Å². The molecule has 0 spiro atoms. The molecule has 2 aliphatic heterocycles. The SMILES string of the molecule is C1CC(OCc2nc(C3CC3)no2)CN(C2CCOCC2)C1. The van der Waals surface area contributed by atoms with Gasteiger partial charge in [0.15, 0.2) is 5.82 Å². The van der Waals surface area contributed by atoms with Crippen molar-refractivity contribution >= 4 is 0 Å². The van der Waals surface area contributed by atoms with Crippen molar-refractivity contribution in [2.75, 3.05) is 26.3 Å². The first kappa shape index (κ1) is 14.6. The van der Waals surface area contributed by atoms with Crippen LogP contribution in [0.5, 0.6) is 0 Å². The predicted octanol–water partition coefficient (Wildman–Crippen LogP) is 2.11. The van der Waals surface area contributed by atoms with E-state index in [2.05, 4.69) is 15.0 Å². The fraction of sp³-hybridized carbons (Fsp3) is 0.875. The minimum Gasteiger partial charge on any atom is -0.381 e. The highest BCUT2D eigenvalue weighted by molar-refractivity contribution is 5.03. The molecule has 4 rings (SSSR count). The van der Waals surface area contributed by atoms with E-state index in [1.54, 1.807) is 0 Å². The number of aromatic nitrogens is 2. The lowest BCUT2D eigenvalue weighted by Crippen LogP contribution is -2.47. The highest BCUT2D eigenvalue weighted by Crippen LogP contribution is 2.38. The van der Waals surface area contributed by atoms with Crippen LogP contribution in [-0.4, -0.2) is 53.5 Å². The highest BCUT2D eigenvalue weighted by Gasteiger charge is 2.30. The predicted molar refractivity (Wildman–Crippen MR) is 79.5 cm³/mol. The average Bonchev–Trinajstić information content (AvgIpc) is 3.33. The molecule has 1 aliphatic carbocycles. The summed E-state index contributed by atoms with van der Waals surface area (Å²) in [7, 11) is 0. The van der Waals surface area contributed by atoms with Crippen LogP contribution in [0.25, 0.3) is 0 Å². The molecule has 1 atom stereocenters. The molecule has 1 saturated carbocycles. The van der Waals surface area contributed by atoms with Crippen molar-refractivity contribution in [2.45, 2.75) is 63.2 Å². The van der Waals surface area contributed by atoms with Gasteiger partial charge in [0.25, 0.3) is 5.89 Å². The second-order valence-electron chi connectivity index (χ2n) is 6.73. The molecule has 6 heteroatoms. The second kappa shape index (κ2) is 6.64. The van der Waals surface area contributed by atoms with Crippen LogP contribution in [0.2, 0.25) is 0 Å². The molecule has 3 aliphatic rings. The topological polar surface area (TPSA) is 60.6 Å². The van der Waals surface area contributed by atoms with E-state index in [1.807, 2.05) is 0 Å². The fourth-order valence-corrected chi connectivity index (χ4v) is 3.51. The van der Waals surface area contributed by atoms with E-state index in [0.29, 0.717) is 24.5 Å². The molecule has 122 valence electrons. The largest absolute Gasteiger partial charge is 0.381 e. The summed E-state index contributed by atoms with van der Waals surface area (Å²) in [5.74, 6) is 2.03. The summed E-state index contributed by atoms with van der Waals surface area (Å²) in [5.41, 5.74) is 0. The lowest BCUT2D eigenvalue weighted by atomic mass is 10.0. The van der Waals surface area contributed by atoms with Crippen LogP contribution in [0.3, 0.4) is 0 Å². The van der Waals surface area contributed by atoms with Crippen molar-refractivity contribution in [3.8, 4) is 0 Å². The Morgan fingerprint density at radius 2 is 2.00 bits per heavy atom. The second-order valence-corrected chi connectivity index (χ2v) is 6.73. The van der Waals surface area contributed by atoms with Gasteiger partial charge in [0.2, 0.25) is 0 Å². The van der Waals surface area contributed by atoms with Crippen molar-refractivity contribution in [2.24, 2.45) is 0 Å². The van der Waals surface area contributed by atoms with Crippen LogP contribution in [0.4, 0.5) is 0 Å². The summed E-state index contributed by atoms with van der Waals surface area (Å²) in [4.78, 5) is 7.02. The molecule has 22 heavy (non-hydrogen) atoms. The number of nitrogens with zero attached hydrogens (tertiary/aromatic N) is 3. The molecule has 6 nitrogen and oxygen atoms in total. The molecule has 3 heterocycles. The summed E-state index contributed by atoms with van der Waals surface area (Å²) in [6.07, 6.45) is 7.32. The molecule has 0 aromatic carbocycles. The monoisotopic (exact) mass is 307 g/mol. The maximum Gasteiger partial charge on any atom is 0.252 e. The summed E-state index contributed by atoms with van der Waals surface area (Å²) in [6, 6.07) is 0.671. The van der Waals surface area contributed by atoms with E-state index >= 15 is 0 Å². The van der Waals surface area contributed by atoms with Crippen LogP contribution in [0, 0.1) is 0 Å². The summed E-state index contributed by atoms with van der Waals surface area (Å²) in [5, 5.41) is 4.04. The lowest BCUT2D eigenvalue weighted by molar-refractivity contribution is -0.0455. The Hall–Kier alpha value is -0.980. The Labute approximate surface area is 131 Å². The molecule has 0 bridgehead atoms. The number of likely N-dealkylation sites (tertiary alicyclic amines) is 1. The zero-order valence-electron chi connectivity index (χ0n) is 13.1. The molecule has 2 saturated heterocycles. The number of hydrogen-bond donors (Lipinski definition) is 0. The number of hydrogen-bond acceptors (Lipinski definition) is 6. The highest BCUT2D eigenvalue weighted by atomic mass is 16.5. The van der Waals surface area contributed by atoms with E-state index in [1.165, 1.54) is 25.8 Å². The molecule has 3 fully saturated rings. The van der Waals surface area contributed by atoms with Gasteiger partial charge < -0.3 is 14.0 Å². The maximum atomic E-state index is 6.03. The molecular weight excluding hydrogens is 282 g/mol. The first-order chi connectivity index (χ1) is 10.9. The van der Waals surface area contributed by atoms with Gasteiger partial charge in [-0.05, 0) is 45.1 Å². The standard InChI is InChI=1S/C16H25N3O3/c1-2-14(10-19(7-1)13-5-8-20-9-6-13)21-11-15-17-16(18-22-15)12-3-4-12/h12-14H,1-11H2. The molecule has 0 radical (unpaired) electrons. The number of ether oxygens (including phenoxy) is 2. The summed E-state index contributed by atoms with van der Waals surface area (Å²) < 4.78 is 16.8. The first-order valence-electron chi connectivity index (χ1n) is 8.64. The van der Waals surface area contributed by atoms with Crippen molar-refractivity contribution in [1.82, 2.24) is 15.0 Å². The van der Waals surface area contributed by atoms with Crippen molar-refractivity contribution in [1.29, 1.82) is 0 Å². The van der Waals surface area contributed by atoms with Crippen LogP contribution >= 0.6 is 0 Å². The third-order valence-corrected chi connectivity index (χ3v) is 4.99. The molecule has 0 N–H and O–H groups in total. The van der Waals surface area contributed by atoms with E-state index < -0.39 is 0 Å². The Balaban J connectivity index is 1.26. The van der Waals surface area contributed by atoms with Crippen LogP contribution < -0.4 is 0 Å². The Kier molecular flexibility index (Phi) is 4.41. The third kappa shape index (κ3) is 3.50. The lowest BCUT2D eigenvalue weighted by Gasteiger charge is -2.39. The molecule has 0 amide bonds. The normalized spacial score (nSPS) is 28.1. The molecule has 1 unspecified atom stereocenters. The quantitative estimate of drug-likeness (QED) is 0.830. The van der Waals surface area contributed by atoms with Crippen molar-refractivity contribution < 1.29 is 14.0 Å².